The van der Waals surface area contributed by atoms with Gasteiger partial charge in [-0.05, 0) is 46.3 Å². The molecular weight excluding hydrogens is 379 g/mol. The number of rotatable bonds is 4. The highest BCUT2D eigenvalue weighted by atomic mass is 79.9. The van der Waals surface area contributed by atoms with Gasteiger partial charge in [-0.25, -0.2) is 4.39 Å². The first-order valence-corrected chi connectivity index (χ1v) is 7.01. The zero-order valence-electron chi connectivity index (χ0n) is 9.70. The largest absolute Gasteiger partial charge is 0.484 e. The Hall–Kier alpha value is -1.20. The molecule has 0 fully saturated rings. The predicted octanol–water partition coefficient (Wildman–Crippen LogP) is 4.61. The van der Waals surface area contributed by atoms with Gasteiger partial charge in [-0.2, -0.15) is 0 Å². The fourth-order valence-corrected chi connectivity index (χ4v) is 2.64. The Kier molecular flexibility index (Phi) is 4.71. The highest BCUT2D eigenvalue weighted by Gasteiger charge is 2.09. The molecule has 0 aromatic heterocycles. The third-order valence-corrected chi connectivity index (χ3v) is 3.51. The molecule has 0 saturated carbocycles. The summed E-state index contributed by atoms with van der Waals surface area (Å²) in [7, 11) is 0. The summed E-state index contributed by atoms with van der Waals surface area (Å²) in [4.78, 5) is 11.8. The lowest BCUT2D eigenvalue weighted by Gasteiger charge is -2.08. The summed E-state index contributed by atoms with van der Waals surface area (Å²) >= 11 is 6.67. The maximum atomic E-state index is 13.0. The number of hydrogen-bond donors (Lipinski definition) is 0. The molecule has 0 saturated heterocycles. The molecule has 0 aliphatic heterocycles. The van der Waals surface area contributed by atoms with E-state index in [9.17, 15) is 9.18 Å². The standard InChI is InChI=1S/C14H9Br2FO2/c15-10-4-5-14(12(16)7-10)19-8-13(18)9-2-1-3-11(17)6-9/h1-7H,8H2. The van der Waals surface area contributed by atoms with Gasteiger partial charge in [-0.3, -0.25) is 4.79 Å². The molecule has 98 valence electrons. The van der Waals surface area contributed by atoms with Crippen molar-refractivity contribution in [2.24, 2.45) is 0 Å². The van der Waals surface area contributed by atoms with Crippen LogP contribution in [-0.4, -0.2) is 12.4 Å². The van der Waals surface area contributed by atoms with E-state index in [4.69, 9.17) is 4.74 Å². The van der Waals surface area contributed by atoms with Gasteiger partial charge in [-0.15, -0.1) is 0 Å². The van der Waals surface area contributed by atoms with E-state index in [1.807, 2.05) is 12.1 Å². The molecule has 0 spiro atoms. The minimum atomic E-state index is -0.435. The van der Waals surface area contributed by atoms with Crippen molar-refractivity contribution in [3.63, 3.8) is 0 Å². The zero-order chi connectivity index (χ0) is 13.8. The first-order chi connectivity index (χ1) is 9.06. The van der Waals surface area contributed by atoms with Gasteiger partial charge in [0.15, 0.2) is 12.4 Å². The quantitative estimate of drug-likeness (QED) is 0.716. The highest BCUT2D eigenvalue weighted by molar-refractivity contribution is 9.11. The number of hydrogen-bond acceptors (Lipinski definition) is 2. The smallest absolute Gasteiger partial charge is 0.200 e. The SMILES string of the molecule is O=C(COc1ccc(Br)cc1Br)c1cccc(F)c1. The number of carbonyl (C=O) groups is 1. The van der Waals surface area contributed by atoms with Crippen molar-refractivity contribution in [1.29, 1.82) is 0 Å². The lowest BCUT2D eigenvalue weighted by atomic mass is 10.1. The van der Waals surface area contributed by atoms with Gasteiger partial charge in [0.2, 0.25) is 0 Å². The summed E-state index contributed by atoms with van der Waals surface area (Å²) in [5, 5.41) is 0. The van der Waals surface area contributed by atoms with Crippen molar-refractivity contribution >= 4 is 37.6 Å². The molecule has 0 aliphatic rings. The molecule has 0 heterocycles. The fraction of sp³-hybridized carbons (Fsp3) is 0.0714. The Morgan fingerprint density at radius 3 is 2.63 bits per heavy atom. The number of ketones is 1. The van der Waals surface area contributed by atoms with Crippen molar-refractivity contribution in [3.05, 3.63) is 62.8 Å². The molecule has 0 bridgehead atoms. The molecule has 2 aromatic carbocycles. The maximum absolute atomic E-state index is 13.0. The van der Waals surface area contributed by atoms with Crippen LogP contribution in [-0.2, 0) is 0 Å². The predicted molar refractivity (Wildman–Crippen MR) is 78.1 cm³/mol. The second-order valence-electron chi connectivity index (χ2n) is 3.80. The molecule has 0 radical (unpaired) electrons. The van der Waals surface area contributed by atoms with Crippen LogP contribution in [0.4, 0.5) is 4.39 Å². The summed E-state index contributed by atoms with van der Waals surface area (Å²) in [5.74, 6) is -0.141. The normalized spacial score (nSPS) is 10.3. The van der Waals surface area contributed by atoms with Crippen molar-refractivity contribution in [2.45, 2.75) is 0 Å². The number of benzene rings is 2. The van der Waals surface area contributed by atoms with Crippen LogP contribution in [0.15, 0.2) is 51.4 Å². The first-order valence-electron chi connectivity index (χ1n) is 5.43. The van der Waals surface area contributed by atoms with Crippen LogP contribution in [0.5, 0.6) is 5.75 Å². The monoisotopic (exact) mass is 386 g/mol. The lowest BCUT2D eigenvalue weighted by molar-refractivity contribution is 0.0920. The molecule has 0 unspecified atom stereocenters. The summed E-state index contributed by atoms with van der Waals surface area (Å²) < 4.78 is 20.1. The number of Topliss-reactive ketones (excluding diaryl/α,β-unsaturated/α-hetero) is 1. The number of carbonyl (C=O) groups excluding carboxylic acids is 1. The second kappa shape index (κ2) is 6.30. The van der Waals surface area contributed by atoms with Crippen LogP contribution >= 0.6 is 31.9 Å². The van der Waals surface area contributed by atoms with E-state index in [1.165, 1.54) is 18.2 Å². The Balaban J connectivity index is 2.04. The maximum Gasteiger partial charge on any atom is 0.200 e. The van der Waals surface area contributed by atoms with E-state index in [-0.39, 0.29) is 12.4 Å². The van der Waals surface area contributed by atoms with Gasteiger partial charge in [0.1, 0.15) is 11.6 Å². The molecule has 2 rings (SSSR count). The van der Waals surface area contributed by atoms with Crippen molar-refractivity contribution in [3.8, 4) is 5.75 Å². The zero-order valence-corrected chi connectivity index (χ0v) is 12.9. The third kappa shape index (κ3) is 3.88. The fourth-order valence-electron chi connectivity index (χ4n) is 1.48. The Labute approximate surface area is 126 Å². The average Bonchev–Trinajstić information content (AvgIpc) is 2.37. The summed E-state index contributed by atoms with van der Waals surface area (Å²) in [5.41, 5.74) is 0.299. The summed E-state index contributed by atoms with van der Waals surface area (Å²) in [6.07, 6.45) is 0. The third-order valence-electron chi connectivity index (χ3n) is 2.40. The van der Waals surface area contributed by atoms with E-state index in [0.717, 1.165) is 8.95 Å². The molecular formula is C14H9Br2FO2. The van der Waals surface area contributed by atoms with Gasteiger partial charge in [-0.1, -0.05) is 28.1 Å². The molecule has 5 heteroatoms. The van der Waals surface area contributed by atoms with E-state index < -0.39 is 5.82 Å². The van der Waals surface area contributed by atoms with Crippen molar-refractivity contribution in [2.75, 3.05) is 6.61 Å². The van der Waals surface area contributed by atoms with E-state index >= 15 is 0 Å². The molecule has 2 nitrogen and oxygen atoms in total. The molecule has 19 heavy (non-hydrogen) atoms. The van der Waals surface area contributed by atoms with Crippen LogP contribution in [0.3, 0.4) is 0 Å². The minimum absolute atomic E-state index is 0.135. The lowest BCUT2D eigenvalue weighted by Crippen LogP contribution is -2.12. The number of halogens is 3. The number of ether oxygens (including phenoxy) is 1. The molecule has 0 atom stereocenters. The topological polar surface area (TPSA) is 26.3 Å². The Morgan fingerprint density at radius 2 is 1.95 bits per heavy atom. The van der Waals surface area contributed by atoms with Crippen molar-refractivity contribution in [1.82, 2.24) is 0 Å². The van der Waals surface area contributed by atoms with Crippen LogP contribution in [0, 0.1) is 5.82 Å². The van der Waals surface area contributed by atoms with Crippen LogP contribution < -0.4 is 4.74 Å². The summed E-state index contributed by atoms with van der Waals surface area (Å²) in [6, 6.07) is 10.9. The van der Waals surface area contributed by atoms with Gasteiger partial charge >= 0.3 is 0 Å². The van der Waals surface area contributed by atoms with Crippen LogP contribution in [0.1, 0.15) is 10.4 Å². The van der Waals surface area contributed by atoms with Crippen molar-refractivity contribution < 1.29 is 13.9 Å². The first kappa shape index (κ1) is 14.2. The van der Waals surface area contributed by atoms with E-state index in [1.54, 1.807) is 12.1 Å². The molecule has 2 aromatic rings. The average molecular weight is 388 g/mol. The minimum Gasteiger partial charge on any atom is -0.484 e. The Morgan fingerprint density at radius 1 is 1.16 bits per heavy atom. The van der Waals surface area contributed by atoms with E-state index in [2.05, 4.69) is 31.9 Å². The van der Waals surface area contributed by atoms with Gasteiger partial charge in [0, 0.05) is 10.0 Å². The second-order valence-corrected chi connectivity index (χ2v) is 5.57. The van der Waals surface area contributed by atoms with Gasteiger partial charge in [0.05, 0.1) is 4.47 Å². The van der Waals surface area contributed by atoms with Gasteiger partial charge < -0.3 is 4.74 Å². The summed E-state index contributed by atoms with van der Waals surface area (Å²) in [6.45, 7) is -0.135. The molecule has 0 amide bonds. The van der Waals surface area contributed by atoms with E-state index in [0.29, 0.717) is 11.3 Å². The highest BCUT2D eigenvalue weighted by Crippen LogP contribution is 2.28. The van der Waals surface area contributed by atoms with Crippen LogP contribution in [0.25, 0.3) is 0 Å². The molecule has 0 aliphatic carbocycles. The molecule has 0 N–H and O–H groups in total. The van der Waals surface area contributed by atoms with Crippen LogP contribution in [0.2, 0.25) is 0 Å². The Bertz CT molecular complexity index is 614. The van der Waals surface area contributed by atoms with Gasteiger partial charge in [0.25, 0.3) is 0 Å².